The normalized spacial score (nSPS) is 21.5. The summed E-state index contributed by atoms with van der Waals surface area (Å²) in [4.78, 5) is 31.8. The summed E-state index contributed by atoms with van der Waals surface area (Å²) in [6.45, 7) is 1.47. The first-order valence-corrected chi connectivity index (χ1v) is 9.61. The van der Waals surface area contributed by atoms with Gasteiger partial charge in [-0.15, -0.1) is 0 Å². The second kappa shape index (κ2) is 9.49. The number of nitrogens with two attached hydrogens (primary N) is 1. The highest BCUT2D eigenvalue weighted by Crippen LogP contribution is 2.44. The van der Waals surface area contributed by atoms with Crippen LogP contribution in [0.4, 0.5) is 14.7 Å². The average Bonchev–Trinajstić information content (AvgIpc) is 3.19. The van der Waals surface area contributed by atoms with Gasteiger partial charge in [0.2, 0.25) is 12.9 Å². The molecule has 1 fully saturated rings. The van der Waals surface area contributed by atoms with E-state index in [1.165, 1.54) is 6.33 Å². The Morgan fingerprint density at radius 2 is 2.21 bits per heavy atom. The Balaban J connectivity index is 0.000000878. The van der Waals surface area contributed by atoms with Crippen molar-refractivity contribution in [3.63, 3.8) is 0 Å². The van der Waals surface area contributed by atoms with E-state index in [9.17, 15) is 23.0 Å². The molecule has 15 heteroatoms. The van der Waals surface area contributed by atoms with Crippen LogP contribution in [0.25, 0.3) is 11.2 Å². The number of anilines is 1. The van der Waals surface area contributed by atoms with Crippen LogP contribution in [0.1, 0.15) is 32.9 Å². The smallest absolute Gasteiger partial charge is 0.369 e. The maximum Gasteiger partial charge on any atom is 0.489 e. The van der Waals surface area contributed by atoms with Crippen LogP contribution in [0.2, 0.25) is 0 Å². The van der Waals surface area contributed by atoms with Gasteiger partial charge >= 0.3 is 7.82 Å². The first kappa shape index (κ1) is 22.3. The molecule has 2 aromatic rings. The lowest BCUT2D eigenvalue weighted by atomic mass is 10.3. The van der Waals surface area contributed by atoms with Gasteiger partial charge in [-0.05, 0) is 26.7 Å². The van der Waals surface area contributed by atoms with Crippen LogP contribution in [-0.4, -0.2) is 43.7 Å². The molecule has 0 aliphatic carbocycles. The number of hydroxylamine groups is 1. The predicted molar refractivity (Wildman–Crippen MR) is 93.1 cm³/mol. The van der Waals surface area contributed by atoms with Crippen LogP contribution in [0, 0.1) is 0 Å². The van der Waals surface area contributed by atoms with Gasteiger partial charge in [-0.1, -0.05) is 0 Å². The molecule has 1 saturated heterocycles. The maximum atomic E-state index is 11.8. The van der Waals surface area contributed by atoms with Crippen LogP contribution in [0.15, 0.2) is 11.1 Å². The minimum absolute atomic E-state index is 0.0256. The number of hydrogen-bond acceptors (Lipinski definition) is 9. The number of imidazole rings is 1. The van der Waals surface area contributed by atoms with E-state index in [0.29, 0.717) is 18.5 Å². The highest BCUT2D eigenvalue weighted by molar-refractivity contribution is 7.47. The number of rotatable bonds is 6. The molecular formula is C13H21F2N6O6P. The highest BCUT2D eigenvalue weighted by atomic mass is 31.2. The molecule has 1 aliphatic rings. The topological polar surface area (TPSA) is 167 Å². The fourth-order valence-electron chi connectivity index (χ4n) is 2.48. The molecule has 3 unspecified atom stereocenters. The Hall–Kier alpha value is -1.96. The molecule has 28 heavy (non-hydrogen) atoms. The SMILES string of the molecule is CC(C)OP(=O)(O)ONC1CCC(n2cnc3c(=O)[nH]c(N)nc32)O1.FCF. The molecular weight excluding hydrogens is 405 g/mol. The lowest BCUT2D eigenvalue weighted by molar-refractivity contribution is -0.0710. The standard InChI is InChI=1S/C12H19N6O6P.CH2F2/c1-6(2)23-25(20,21)24-17-7-3-4-8(22-7)18-5-14-9-10(18)15-12(13)16-11(9)19;2-1-3/h5-8,17H,3-4H2,1-2H3,(H,20,21)(H3,13,15,16,19);1H2. The third-order valence-corrected chi connectivity index (χ3v) is 4.43. The van der Waals surface area contributed by atoms with E-state index >= 15 is 0 Å². The fourth-order valence-corrected chi connectivity index (χ4v) is 3.30. The number of halogens is 2. The quantitative estimate of drug-likeness (QED) is 0.390. The van der Waals surface area contributed by atoms with Crippen molar-refractivity contribution in [2.45, 2.75) is 45.2 Å². The number of phosphoric acid groups is 1. The summed E-state index contributed by atoms with van der Waals surface area (Å²) in [5.41, 5.74) is 7.95. The lowest BCUT2D eigenvalue weighted by Gasteiger charge is -2.18. The van der Waals surface area contributed by atoms with E-state index in [0.717, 1.165) is 0 Å². The van der Waals surface area contributed by atoms with Crippen molar-refractivity contribution in [1.29, 1.82) is 0 Å². The first-order valence-electron chi connectivity index (χ1n) is 8.12. The number of ether oxygens (including phenoxy) is 1. The van der Waals surface area contributed by atoms with Crippen LogP contribution in [0.3, 0.4) is 0 Å². The molecule has 0 aromatic carbocycles. The van der Waals surface area contributed by atoms with E-state index in [2.05, 4.69) is 20.4 Å². The van der Waals surface area contributed by atoms with Crippen molar-refractivity contribution in [2.24, 2.45) is 0 Å². The van der Waals surface area contributed by atoms with E-state index in [-0.39, 0.29) is 11.5 Å². The molecule has 3 rings (SSSR count). The van der Waals surface area contributed by atoms with Crippen molar-refractivity contribution in [3.05, 3.63) is 16.7 Å². The van der Waals surface area contributed by atoms with E-state index < -0.39 is 38.9 Å². The van der Waals surface area contributed by atoms with Crippen molar-refractivity contribution in [1.82, 2.24) is 25.0 Å². The zero-order valence-corrected chi connectivity index (χ0v) is 15.9. The molecule has 0 bridgehead atoms. The Morgan fingerprint density at radius 3 is 2.86 bits per heavy atom. The molecule has 5 N–H and O–H groups in total. The Morgan fingerprint density at radius 1 is 1.54 bits per heavy atom. The number of fused-ring (bicyclic) bond motifs is 1. The lowest BCUT2D eigenvalue weighted by Crippen LogP contribution is -2.28. The summed E-state index contributed by atoms with van der Waals surface area (Å²) in [5.74, 6) is -0.0256. The van der Waals surface area contributed by atoms with E-state index in [1.54, 1.807) is 18.4 Å². The van der Waals surface area contributed by atoms with Gasteiger partial charge < -0.3 is 15.4 Å². The fraction of sp³-hybridized carbons (Fsp3) is 0.615. The molecule has 12 nitrogen and oxygen atoms in total. The largest absolute Gasteiger partial charge is 0.489 e. The maximum absolute atomic E-state index is 11.8. The summed E-state index contributed by atoms with van der Waals surface area (Å²) >= 11 is 0. The molecule has 158 valence electrons. The summed E-state index contributed by atoms with van der Waals surface area (Å²) in [6.07, 6.45) is 0.870. The predicted octanol–water partition coefficient (Wildman–Crippen LogP) is 1.27. The summed E-state index contributed by atoms with van der Waals surface area (Å²) in [7, 11) is -4.22. The summed E-state index contributed by atoms with van der Waals surface area (Å²) in [6, 6.07) is 0. The minimum Gasteiger partial charge on any atom is -0.369 e. The molecule has 2 aromatic heterocycles. The first-order chi connectivity index (χ1) is 13.2. The Bertz CT molecular complexity index is 892. The van der Waals surface area contributed by atoms with E-state index in [4.69, 9.17) is 19.6 Å². The third kappa shape index (κ3) is 5.77. The number of nitrogen functional groups attached to an aromatic ring is 1. The zero-order valence-electron chi connectivity index (χ0n) is 15.0. The number of aromatic amines is 1. The summed E-state index contributed by atoms with van der Waals surface area (Å²) < 4.78 is 47.7. The van der Waals surface area contributed by atoms with Crippen LogP contribution >= 0.6 is 7.82 Å². The molecule has 0 radical (unpaired) electrons. The van der Waals surface area contributed by atoms with Crippen LogP contribution in [-0.2, 0) is 18.5 Å². The average molecular weight is 426 g/mol. The van der Waals surface area contributed by atoms with Gasteiger partial charge in [-0.25, -0.2) is 18.3 Å². The Labute approximate surface area is 157 Å². The highest BCUT2D eigenvalue weighted by Gasteiger charge is 2.31. The second-order valence-electron chi connectivity index (χ2n) is 5.86. The van der Waals surface area contributed by atoms with Crippen molar-refractivity contribution < 1.29 is 32.1 Å². The van der Waals surface area contributed by atoms with E-state index in [1.807, 2.05) is 0 Å². The van der Waals surface area contributed by atoms with Gasteiger partial charge in [0, 0.05) is 0 Å². The van der Waals surface area contributed by atoms with Crippen molar-refractivity contribution >= 4 is 24.9 Å². The van der Waals surface area contributed by atoms with Gasteiger partial charge in [-0.3, -0.25) is 18.9 Å². The number of hydrogen-bond donors (Lipinski definition) is 4. The number of alkyl halides is 2. The second-order valence-corrected chi connectivity index (χ2v) is 7.20. The minimum atomic E-state index is -4.22. The molecule has 0 amide bonds. The van der Waals surface area contributed by atoms with Crippen LogP contribution in [0.5, 0.6) is 0 Å². The Kier molecular flexibility index (Phi) is 7.57. The number of nitrogens with zero attached hydrogens (tertiary/aromatic N) is 3. The van der Waals surface area contributed by atoms with Crippen molar-refractivity contribution in [3.8, 4) is 0 Å². The monoisotopic (exact) mass is 426 g/mol. The summed E-state index contributed by atoms with van der Waals surface area (Å²) in [5, 5.41) is 0. The van der Waals surface area contributed by atoms with Crippen molar-refractivity contribution in [2.75, 3.05) is 12.7 Å². The van der Waals surface area contributed by atoms with Crippen LogP contribution < -0.4 is 16.8 Å². The van der Waals surface area contributed by atoms with Gasteiger partial charge in [0.1, 0.15) is 12.5 Å². The molecule has 0 spiro atoms. The van der Waals surface area contributed by atoms with Gasteiger partial charge in [0.05, 0.1) is 12.4 Å². The molecule has 3 heterocycles. The van der Waals surface area contributed by atoms with Gasteiger partial charge in [0.15, 0.2) is 11.2 Å². The number of H-pyrrole nitrogens is 1. The molecule has 3 atom stereocenters. The zero-order chi connectivity index (χ0) is 20.9. The molecule has 1 aliphatic heterocycles. The number of aromatic nitrogens is 4. The van der Waals surface area contributed by atoms with Gasteiger partial charge in [-0.2, -0.15) is 15.1 Å². The third-order valence-electron chi connectivity index (χ3n) is 3.40. The van der Waals surface area contributed by atoms with Gasteiger partial charge in [0.25, 0.3) is 5.56 Å². The number of nitrogens with one attached hydrogen (secondary N) is 2. The number of phosphoric ester groups is 1. The molecule has 0 saturated carbocycles.